The van der Waals surface area contributed by atoms with Gasteiger partial charge in [0.05, 0.1) is 13.5 Å². The highest BCUT2D eigenvalue weighted by Gasteiger charge is 2.30. The maximum atomic E-state index is 12.1. The molecular formula is C12H25NO3S. The second kappa shape index (κ2) is 8.53. The first-order chi connectivity index (χ1) is 7.32. The highest BCUT2D eigenvalue weighted by atomic mass is 32.1. The molecule has 0 bridgehead atoms. The Bertz CT molecular complexity index is 249. The van der Waals surface area contributed by atoms with E-state index in [1.165, 1.54) is 7.11 Å². The van der Waals surface area contributed by atoms with Gasteiger partial charge in [-0.15, -0.1) is 0 Å². The van der Waals surface area contributed by atoms with Gasteiger partial charge in [-0.05, 0) is 19.4 Å². The van der Waals surface area contributed by atoms with Crippen molar-refractivity contribution in [3.05, 3.63) is 0 Å². The molecule has 0 spiro atoms. The molecular weight excluding hydrogens is 238 g/mol. The third-order valence-electron chi connectivity index (χ3n) is 2.51. The van der Waals surface area contributed by atoms with Gasteiger partial charge in [-0.2, -0.15) is 13.5 Å². The van der Waals surface area contributed by atoms with Crippen LogP contribution in [0.3, 0.4) is 0 Å². The Hall–Kier alpha value is -0.550. The van der Waals surface area contributed by atoms with Gasteiger partial charge in [0.25, 0.3) is 0 Å². The molecule has 0 aliphatic carbocycles. The van der Waals surface area contributed by atoms with Crippen LogP contribution < -0.4 is 5.73 Å². The van der Waals surface area contributed by atoms with E-state index >= 15 is 0 Å². The zero-order valence-electron chi connectivity index (χ0n) is 11.2. The third kappa shape index (κ3) is 7.39. The normalized spacial score (nSPS) is 12.5. The van der Waals surface area contributed by atoms with Crippen molar-refractivity contribution < 1.29 is 14.3 Å². The highest BCUT2D eigenvalue weighted by molar-refractivity contribution is 7.59. The fraction of sp³-hybridized carbons (Fsp3) is 0.833. The molecule has 0 radical (unpaired) electrons. The second-order valence-electron chi connectivity index (χ2n) is 5.02. The van der Waals surface area contributed by atoms with Gasteiger partial charge in [0.1, 0.15) is 5.78 Å². The van der Waals surface area contributed by atoms with E-state index in [0.717, 1.165) is 6.42 Å². The first-order valence-electron chi connectivity index (χ1n) is 5.64. The quantitative estimate of drug-likeness (QED) is 0.740. The van der Waals surface area contributed by atoms with E-state index in [-0.39, 0.29) is 37.6 Å². The van der Waals surface area contributed by atoms with Gasteiger partial charge in [0, 0.05) is 11.3 Å². The molecule has 5 heteroatoms. The number of hydrogen-bond acceptors (Lipinski definition) is 4. The summed E-state index contributed by atoms with van der Waals surface area (Å²) in [5.74, 6) is -0.498. The lowest BCUT2D eigenvalue weighted by Crippen LogP contribution is -2.30. The molecule has 0 saturated heterocycles. The van der Waals surface area contributed by atoms with Crippen LogP contribution in [0.25, 0.3) is 0 Å². The van der Waals surface area contributed by atoms with Crippen LogP contribution in [0.5, 0.6) is 0 Å². The fourth-order valence-corrected chi connectivity index (χ4v) is 1.59. The molecule has 102 valence electrons. The number of carbonyl (C=O) groups is 2. The first kappa shape index (κ1) is 18.8. The minimum absolute atomic E-state index is 0. The van der Waals surface area contributed by atoms with Gasteiger partial charge in [0.15, 0.2) is 0 Å². The average Bonchev–Trinajstić information content (AvgIpc) is 2.21. The summed E-state index contributed by atoms with van der Waals surface area (Å²) >= 11 is 0. The van der Waals surface area contributed by atoms with E-state index in [1.807, 2.05) is 20.8 Å². The number of esters is 1. The van der Waals surface area contributed by atoms with Gasteiger partial charge >= 0.3 is 5.97 Å². The molecule has 0 aromatic carbocycles. The summed E-state index contributed by atoms with van der Waals surface area (Å²) in [7, 11) is 1.34. The SMILES string of the molecule is COC(=O)C[C@@H](CCCN)C(=O)C(C)(C)C.S. The molecule has 0 saturated carbocycles. The molecule has 0 amide bonds. The summed E-state index contributed by atoms with van der Waals surface area (Å²) in [5.41, 5.74) is 5.00. The predicted octanol–water partition coefficient (Wildman–Crippen LogP) is 1.63. The summed E-state index contributed by atoms with van der Waals surface area (Å²) in [4.78, 5) is 23.3. The minimum atomic E-state index is -0.423. The van der Waals surface area contributed by atoms with Gasteiger partial charge < -0.3 is 10.5 Å². The predicted molar refractivity (Wildman–Crippen MR) is 73.3 cm³/mol. The largest absolute Gasteiger partial charge is 0.469 e. The lowest BCUT2D eigenvalue weighted by molar-refractivity contribution is -0.145. The topological polar surface area (TPSA) is 69.4 Å². The smallest absolute Gasteiger partial charge is 0.306 e. The molecule has 4 nitrogen and oxygen atoms in total. The van der Waals surface area contributed by atoms with E-state index < -0.39 is 5.41 Å². The number of methoxy groups -OCH3 is 1. The molecule has 0 fully saturated rings. The number of nitrogens with two attached hydrogens (primary N) is 1. The summed E-state index contributed by atoms with van der Waals surface area (Å²) in [6.07, 6.45) is 1.57. The molecule has 0 aliphatic heterocycles. The van der Waals surface area contributed by atoms with E-state index in [9.17, 15) is 9.59 Å². The Morgan fingerprint density at radius 3 is 2.18 bits per heavy atom. The molecule has 17 heavy (non-hydrogen) atoms. The zero-order valence-corrected chi connectivity index (χ0v) is 12.2. The fourth-order valence-electron chi connectivity index (χ4n) is 1.59. The summed E-state index contributed by atoms with van der Waals surface area (Å²) in [6.45, 7) is 6.13. The number of hydrogen-bond donors (Lipinski definition) is 1. The monoisotopic (exact) mass is 263 g/mol. The summed E-state index contributed by atoms with van der Waals surface area (Å²) in [5, 5.41) is 0. The molecule has 0 aromatic heterocycles. The van der Waals surface area contributed by atoms with Crippen molar-refractivity contribution in [2.75, 3.05) is 13.7 Å². The molecule has 0 aliphatic rings. The van der Waals surface area contributed by atoms with E-state index in [4.69, 9.17) is 5.73 Å². The Balaban J connectivity index is 0. The highest BCUT2D eigenvalue weighted by Crippen LogP contribution is 2.25. The Morgan fingerprint density at radius 1 is 1.29 bits per heavy atom. The lowest BCUT2D eigenvalue weighted by atomic mass is 9.79. The average molecular weight is 263 g/mol. The zero-order chi connectivity index (χ0) is 12.8. The maximum absolute atomic E-state index is 12.1. The van der Waals surface area contributed by atoms with Crippen LogP contribution in [0.2, 0.25) is 0 Å². The number of rotatable bonds is 6. The molecule has 0 rings (SSSR count). The maximum Gasteiger partial charge on any atom is 0.306 e. The molecule has 0 aromatic rings. The van der Waals surface area contributed by atoms with Crippen LogP contribution in [0.4, 0.5) is 0 Å². The number of ketones is 1. The number of ether oxygens (including phenoxy) is 1. The molecule has 0 heterocycles. The van der Waals surface area contributed by atoms with Gasteiger partial charge in [-0.25, -0.2) is 0 Å². The Kier molecular flexibility index (Phi) is 9.43. The van der Waals surface area contributed by atoms with Crippen molar-refractivity contribution in [2.24, 2.45) is 17.1 Å². The molecule has 1 atom stereocenters. The molecule has 0 unspecified atom stereocenters. The minimum Gasteiger partial charge on any atom is -0.469 e. The number of carbonyl (C=O) groups excluding carboxylic acids is 2. The van der Waals surface area contributed by atoms with Crippen LogP contribution in [0.15, 0.2) is 0 Å². The summed E-state index contributed by atoms with van der Waals surface area (Å²) in [6, 6.07) is 0. The summed E-state index contributed by atoms with van der Waals surface area (Å²) < 4.78 is 4.60. The van der Waals surface area contributed by atoms with Crippen LogP contribution in [-0.4, -0.2) is 25.4 Å². The second-order valence-corrected chi connectivity index (χ2v) is 5.02. The van der Waals surface area contributed by atoms with Crippen LogP contribution in [-0.2, 0) is 14.3 Å². The van der Waals surface area contributed by atoms with Crippen molar-refractivity contribution in [3.63, 3.8) is 0 Å². The van der Waals surface area contributed by atoms with Gasteiger partial charge in [-0.3, -0.25) is 9.59 Å². The standard InChI is InChI=1S/C12H23NO3.H2S/c1-12(2,3)11(15)9(6-5-7-13)8-10(14)16-4;/h9H,5-8,13H2,1-4H3;1H2/t9-;/m1./s1. The number of Topliss-reactive ketones (excluding diaryl/α,β-unsaturated/α-hetero) is 1. The van der Waals surface area contributed by atoms with Crippen molar-refractivity contribution >= 4 is 25.2 Å². The van der Waals surface area contributed by atoms with Crippen LogP contribution in [0.1, 0.15) is 40.0 Å². The lowest BCUT2D eigenvalue weighted by Gasteiger charge is -2.23. The van der Waals surface area contributed by atoms with Gasteiger partial charge in [-0.1, -0.05) is 20.8 Å². The van der Waals surface area contributed by atoms with Crippen molar-refractivity contribution in [3.8, 4) is 0 Å². The van der Waals surface area contributed by atoms with Crippen LogP contribution >= 0.6 is 13.5 Å². The van der Waals surface area contributed by atoms with Crippen LogP contribution in [0, 0.1) is 11.3 Å². The molecule has 2 N–H and O–H groups in total. The third-order valence-corrected chi connectivity index (χ3v) is 2.51. The van der Waals surface area contributed by atoms with Crippen molar-refractivity contribution in [1.82, 2.24) is 0 Å². The Labute approximate surface area is 111 Å². The van der Waals surface area contributed by atoms with E-state index in [2.05, 4.69) is 4.74 Å². The van der Waals surface area contributed by atoms with Crippen molar-refractivity contribution in [1.29, 1.82) is 0 Å². The van der Waals surface area contributed by atoms with Gasteiger partial charge in [0.2, 0.25) is 0 Å². The van der Waals surface area contributed by atoms with Crippen molar-refractivity contribution in [2.45, 2.75) is 40.0 Å². The Morgan fingerprint density at radius 2 is 1.82 bits per heavy atom. The van der Waals surface area contributed by atoms with E-state index in [0.29, 0.717) is 13.0 Å². The van der Waals surface area contributed by atoms with E-state index in [1.54, 1.807) is 0 Å². The first-order valence-corrected chi connectivity index (χ1v) is 5.64.